The molecule has 2 aromatic rings. The average Bonchev–Trinajstić information content (AvgIpc) is 2.60. The standard InChI is InChI=1S/C20H22Cl3N3O3/c1-20(2,11-27)26-19(29)12-5-13(21)10-17(6-12)25-18(28)3-4-24-16-8-14(22)7-15(23)9-16/h5-10,24,27H,3-4,11H2,1-2H3,(H,25,28)(H,26,29). The summed E-state index contributed by atoms with van der Waals surface area (Å²) in [6.07, 6.45) is 0.176. The molecule has 0 saturated heterocycles. The van der Waals surface area contributed by atoms with Gasteiger partial charge in [0.15, 0.2) is 0 Å². The predicted molar refractivity (Wildman–Crippen MR) is 118 cm³/mol. The number of carbonyl (C=O) groups excluding carboxylic acids is 2. The van der Waals surface area contributed by atoms with E-state index in [2.05, 4.69) is 16.0 Å². The Morgan fingerprint density at radius 1 is 0.931 bits per heavy atom. The van der Waals surface area contributed by atoms with Gasteiger partial charge >= 0.3 is 0 Å². The summed E-state index contributed by atoms with van der Waals surface area (Å²) in [5.41, 5.74) is 0.613. The zero-order valence-corrected chi connectivity index (χ0v) is 18.3. The first-order valence-electron chi connectivity index (χ1n) is 8.82. The van der Waals surface area contributed by atoms with Gasteiger partial charge in [-0.25, -0.2) is 0 Å². The topological polar surface area (TPSA) is 90.5 Å². The third-order valence-corrected chi connectivity index (χ3v) is 4.49. The lowest BCUT2D eigenvalue weighted by Crippen LogP contribution is -2.46. The van der Waals surface area contributed by atoms with E-state index in [1.165, 1.54) is 12.1 Å². The molecule has 0 fully saturated rings. The Morgan fingerprint density at radius 3 is 2.14 bits per heavy atom. The van der Waals surface area contributed by atoms with Gasteiger partial charge in [0.05, 0.1) is 12.1 Å². The van der Waals surface area contributed by atoms with Gasteiger partial charge in [0.2, 0.25) is 5.91 Å². The number of hydrogen-bond donors (Lipinski definition) is 4. The first kappa shape index (κ1) is 23.3. The van der Waals surface area contributed by atoms with Crippen LogP contribution < -0.4 is 16.0 Å². The number of halogens is 3. The van der Waals surface area contributed by atoms with Gasteiger partial charge in [-0.1, -0.05) is 34.8 Å². The van der Waals surface area contributed by atoms with Crippen molar-refractivity contribution >= 4 is 58.0 Å². The van der Waals surface area contributed by atoms with Crippen molar-refractivity contribution in [2.75, 3.05) is 23.8 Å². The van der Waals surface area contributed by atoms with Crippen LogP contribution >= 0.6 is 34.8 Å². The summed E-state index contributed by atoms with van der Waals surface area (Å²) in [5, 5.41) is 19.1. The Labute approximate surface area is 184 Å². The smallest absolute Gasteiger partial charge is 0.251 e. The quantitative estimate of drug-likeness (QED) is 0.466. The zero-order chi connectivity index (χ0) is 21.6. The van der Waals surface area contributed by atoms with Crippen molar-refractivity contribution in [2.45, 2.75) is 25.8 Å². The Balaban J connectivity index is 1.95. The van der Waals surface area contributed by atoms with E-state index in [4.69, 9.17) is 34.8 Å². The highest BCUT2D eigenvalue weighted by molar-refractivity contribution is 6.35. The number of hydrogen-bond acceptors (Lipinski definition) is 4. The van der Waals surface area contributed by atoms with E-state index in [1.54, 1.807) is 38.1 Å². The molecule has 0 atom stereocenters. The summed E-state index contributed by atoms with van der Waals surface area (Å²) in [7, 11) is 0. The molecule has 9 heteroatoms. The Hall–Kier alpha value is -1.99. The molecule has 156 valence electrons. The van der Waals surface area contributed by atoms with Crippen molar-refractivity contribution in [3.63, 3.8) is 0 Å². The Morgan fingerprint density at radius 2 is 1.52 bits per heavy atom. The molecule has 0 bridgehead atoms. The summed E-state index contributed by atoms with van der Waals surface area (Å²) >= 11 is 18.0. The van der Waals surface area contributed by atoms with Crippen LogP contribution in [-0.4, -0.2) is 35.6 Å². The SMILES string of the molecule is CC(C)(CO)NC(=O)c1cc(Cl)cc(NC(=O)CCNc2cc(Cl)cc(Cl)c2)c1. The van der Waals surface area contributed by atoms with Crippen LogP contribution in [0, 0.1) is 0 Å². The lowest BCUT2D eigenvalue weighted by molar-refractivity contribution is -0.115. The molecule has 6 nitrogen and oxygen atoms in total. The molecule has 0 radical (unpaired) electrons. The maximum Gasteiger partial charge on any atom is 0.251 e. The first-order valence-corrected chi connectivity index (χ1v) is 9.95. The van der Waals surface area contributed by atoms with Crippen LogP contribution in [0.3, 0.4) is 0 Å². The van der Waals surface area contributed by atoms with Gasteiger partial charge in [0.1, 0.15) is 0 Å². The molecule has 2 aromatic carbocycles. The molecule has 0 aliphatic rings. The molecule has 0 aromatic heterocycles. The number of carbonyl (C=O) groups is 2. The molecule has 0 spiro atoms. The number of aliphatic hydroxyl groups excluding tert-OH is 1. The van der Waals surface area contributed by atoms with Crippen LogP contribution in [-0.2, 0) is 4.79 Å². The Bertz CT molecular complexity index is 884. The minimum atomic E-state index is -0.780. The van der Waals surface area contributed by atoms with E-state index in [-0.39, 0.29) is 24.5 Å². The van der Waals surface area contributed by atoms with Gasteiger partial charge in [-0.15, -0.1) is 0 Å². The molecule has 0 heterocycles. The van der Waals surface area contributed by atoms with Crippen LogP contribution in [0.1, 0.15) is 30.6 Å². The lowest BCUT2D eigenvalue weighted by Gasteiger charge is -2.23. The molecular weight excluding hydrogens is 437 g/mol. The zero-order valence-electron chi connectivity index (χ0n) is 16.0. The molecular formula is C20H22Cl3N3O3. The minimum absolute atomic E-state index is 0.176. The van der Waals surface area contributed by atoms with Crippen molar-refractivity contribution in [1.82, 2.24) is 5.32 Å². The van der Waals surface area contributed by atoms with Gasteiger partial charge < -0.3 is 21.1 Å². The average molecular weight is 459 g/mol. The largest absolute Gasteiger partial charge is 0.394 e. The second-order valence-corrected chi connectivity index (χ2v) is 8.42. The van der Waals surface area contributed by atoms with Crippen molar-refractivity contribution in [3.8, 4) is 0 Å². The molecule has 0 aliphatic carbocycles. The van der Waals surface area contributed by atoms with Crippen LogP contribution in [0.5, 0.6) is 0 Å². The molecule has 0 aliphatic heterocycles. The molecule has 2 rings (SSSR count). The monoisotopic (exact) mass is 457 g/mol. The van der Waals surface area contributed by atoms with Crippen LogP contribution in [0.4, 0.5) is 11.4 Å². The highest BCUT2D eigenvalue weighted by Gasteiger charge is 2.20. The number of rotatable bonds is 8. The van der Waals surface area contributed by atoms with E-state index in [0.29, 0.717) is 33.0 Å². The minimum Gasteiger partial charge on any atom is -0.394 e. The maximum absolute atomic E-state index is 12.4. The number of aliphatic hydroxyl groups is 1. The van der Waals surface area contributed by atoms with E-state index < -0.39 is 11.4 Å². The predicted octanol–water partition coefficient (Wildman–Crippen LogP) is 4.59. The summed E-state index contributed by atoms with van der Waals surface area (Å²) in [4.78, 5) is 24.6. The third-order valence-electron chi connectivity index (χ3n) is 3.83. The second kappa shape index (κ2) is 10.2. The summed E-state index contributed by atoms with van der Waals surface area (Å²) in [5.74, 6) is -0.656. The highest BCUT2D eigenvalue weighted by atomic mass is 35.5. The fraction of sp³-hybridized carbons (Fsp3) is 0.300. The van der Waals surface area contributed by atoms with Crippen LogP contribution in [0.15, 0.2) is 36.4 Å². The molecule has 0 saturated carbocycles. The van der Waals surface area contributed by atoms with Crippen molar-refractivity contribution in [3.05, 3.63) is 57.0 Å². The van der Waals surface area contributed by atoms with Crippen molar-refractivity contribution in [2.24, 2.45) is 0 Å². The van der Waals surface area contributed by atoms with Gasteiger partial charge in [0, 0.05) is 45.0 Å². The van der Waals surface area contributed by atoms with Gasteiger partial charge in [-0.3, -0.25) is 9.59 Å². The molecule has 29 heavy (non-hydrogen) atoms. The third kappa shape index (κ3) is 7.74. The van der Waals surface area contributed by atoms with E-state index >= 15 is 0 Å². The van der Waals surface area contributed by atoms with E-state index in [0.717, 1.165) is 0 Å². The van der Waals surface area contributed by atoms with Crippen LogP contribution in [0.2, 0.25) is 15.1 Å². The van der Waals surface area contributed by atoms with Crippen molar-refractivity contribution in [1.29, 1.82) is 0 Å². The maximum atomic E-state index is 12.4. The summed E-state index contributed by atoms with van der Waals surface area (Å²) in [6.45, 7) is 3.53. The van der Waals surface area contributed by atoms with Gasteiger partial charge in [0.25, 0.3) is 5.91 Å². The lowest BCUT2D eigenvalue weighted by atomic mass is 10.1. The van der Waals surface area contributed by atoms with Gasteiger partial charge in [-0.05, 0) is 50.2 Å². The summed E-state index contributed by atoms with van der Waals surface area (Å²) < 4.78 is 0. The second-order valence-electron chi connectivity index (χ2n) is 7.11. The number of nitrogens with one attached hydrogen (secondary N) is 3. The molecule has 0 unspecified atom stereocenters. The molecule has 2 amide bonds. The first-order chi connectivity index (χ1) is 13.6. The fourth-order valence-electron chi connectivity index (χ4n) is 2.41. The van der Waals surface area contributed by atoms with Gasteiger partial charge in [-0.2, -0.15) is 0 Å². The van der Waals surface area contributed by atoms with E-state index in [9.17, 15) is 14.7 Å². The Kier molecular flexibility index (Phi) is 8.16. The van der Waals surface area contributed by atoms with Crippen LogP contribution in [0.25, 0.3) is 0 Å². The molecule has 4 N–H and O–H groups in total. The fourth-order valence-corrected chi connectivity index (χ4v) is 3.17. The number of benzene rings is 2. The van der Waals surface area contributed by atoms with E-state index in [1.807, 2.05) is 0 Å². The summed E-state index contributed by atoms with van der Waals surface area (Å²) in [6, 6.07) is 9.61. The number of amides is 2. The highest BCUT2D eigenvalue weighted by Crippen LogP contribution is 2.23. The number of anilines is 2. The normalized spacial score (nSPS) is 11.1. The van der Waals surface area contributed by atoms with Crippen molar-refractivity contribution < 1.29 is 14.7 Å².